The average Bonchev–Trinajstić information content (AvgIpc) is 2.56. The standard InChI is InChI=1S/C9H8F3N3.C2H6/c1-5-14-7-3-6(9(10,11)12)4-13-8(7)15(5)2;1-2/h3-4H,1-2H3;1-2H3. The molecular formula is C11H14F3N3. The largest absolute Gasteiger partial charge is 0.417 e. The molecule has 0 amide bonds. The maximum atomic E-state index is 12.3. The summed E-state index contributed by atoms with van der Waals surface area (Å²) in [5, 5.41) is 0. The van der Waals surface area contributed by atoms with Crippen molar-refractivity contribution in [1.29, 1.82) is 0 Å². The minimum atomic E-state index is -4.37. The summed E-state index contributed by atoms with van der Waals surface area (Å²) in [6.45, 7) is 5.72. The lowest BCUT2D eigenvalue weighted by Crippen LogP contribution is -2.05. The molecule has 0 spiro atoms. The number of fused-ring (bicyclic) bond motifs is 1. The number of alkyl halides is 3. The van der Waals surface area contributed by atoms with Crippen LogP contribution in [0.5, 0.6) is 0 Å². The topological polar surface area (TPSA) is 30.7 Å². The summed E-state index contributed by atoms with van der Waals surface area (Å²) < 4.78 is 38.7. The molecule has 2 aromatic rings. The van der Waals surface area contributed by atoms with Crippen LogP contribution in [0.1, 0.15) is 25.2 Å². The van der Waals surface area contributed by atoms with E-state index >= 15 is 0 Å². The van der Waals surface area contributed by atoms with Crippen molar-refractivity contribution in [2.24, 2.45) is 7.05 Å². The lowest BCUT2D eigenvalue weighted by molar-refractivity contribution is -0.137. The molecule has 0 unspecified atom stereocenters. The van der Waals surface area contributed by atoms with Gasteiger partial charge in [0.1, 0.15) is 11.3 Å². The van der Waals surface area contributed by atoms with Crippen molar-refractivity contribution in [3.8, 4) is 0 Å². The predicted octanol–water partition coefficient (Wildman–Crippen LogP) is 3.32. The highest BCUT2D eigenvalue weighted by molar-refractivity contribution is 5.72. The molecule has 2 aromatic heterocycles. The van der Waals surface area contributed by atoms with Gasteiger partial charge in [-0.1, -0.05) is 13.8 Å². The number of nitrogens with zero attached hydrogens (tertiary/aromatic N) is 3. The highest BCUT2D eigenvalue weighted by Crippen LogP contribution is 2.30. The smallest absolute Gasteiger partial charge is 0.316 e. The van der Waals surface area contributed by atoms with Gasteiger partial charge in [-0.2, -0.15) is 13.2 Å². The van der Waals surface area contributed by atoms with Gasteiger partial charge in [0.2, 0.25) is 0 Å². The van der Waals surface area contributed by atoms with Crippen molar-refractivity contribution < 1.29 is 13.2 Å². The number of halogens is 3. The van der Waals surface area contributed by atoms with E-state index in [9.17, 15) is 13.2 Å². The van der Waals surface area contributed by atoms with E-state index in [-0.39, 0.29) is 5.52 Å². The third-order valence-electron chi connectivity index (χ3n) is 2.26. The van der Waals surface area contributed by atoms with E-state index in [4.69, 9.17) is 0 Å². The summed E-state index contributed by atoms with van der Waals surface area (Å²) in [5.41, 5.74) is -0.0431. The maximum absolute atomic E-state index is 12.3. The molecule has 3 nitrogen and oxygen atoms in total. The first-order valence-electron chi connectivity index (χ1n) is 5.26. The van der Waals surface area contributed by atoms with E-state index in [1.54, 1.807) is 18.5 Å². The molecule has 0 atom stereocenters. The Hall–Kier alpha value is -1.59. The number of rotatable bonds is 0. The lowest BCUT2D eigenvalue weighted by atomic mass is 10.2. The molecule has 6 heteroatoms. The van der Waals surface area contributed by atoms with Gasteiger partial charge in [0.15, 0.2) is 5.65 Å². The normalized spacial score (nSPS) is 11.2. The lowest BCUT2D eigenvalue weighted by Gasteiger charge is -2.04. The molecule has 0 fully saturated rings. The molecule has 0 saturated heterocycles. The summed E-state index contributed by atoms with van der Waals surface area (Å²) in [7, 11) is 1.71. The van der Waals surface area contributed by atoms with E-state index in [0.717, 1.165) is 12.3 Å². The van der Waals surface area contributed by atoms with Crippen LogP contribution in [0, 0.1) is 6.92 Å². The van der Waals surface area contributed by atoms with E-state index in [1.165, 1.54) is 0 Å². The highest BCUT2D eigenvalue weighted by Gasteiger charge is 2.31. The SMILES string of the molecule is CC.Cc1nc2cc(C(F)(F)F)cnc2n1C. The van der Waals surface area contributed by atoms with Gasteiger partial charge in [0.05, 0.1) is 5.56 Å². The number of aryl methyl sites for hydroxylation is 2. The zero-order valence-corrected chi connectivity index (χ0v) is 10.1. The molecule has 94 valence electrons. The first kappa shape index (κ1) is 13.5. The molecule has 0 radical (unpaired) electrons. The third-order valence-corrected chi connectivity index (χ3v) is 2.26. The second-order valence-electron chi connectivity index (χ2n) is 3.28. The second kappa shape index (κ2) is 4.73. The predicted molar refractivity (Wildman–Crippen MR) is 59.6 cm³/mol. The van der Waals surface area contributed by atoms with Gasteiger partial charge in [-0.15, -0.1) is 0 Å². The Labute approximate surface area is 97.3 Å². The van der Waals surface area contributed by atoms with Crippen molar-refractivity contribution >= 4 is 11.2 Å². The fourth-order valence-electron chi connectivity index (χ4n) is 1.34. The minimum Gasteiger partial charge on any atom is -0.316 e. The summed E-state index contributed by atoms with van der Waals surface area (Å²) in [6.07, 6.45) is -3.55. The Morgan fingerprint density at radius 2 is 1.82 bits per heavy atom. The molecule has 0 aliphatic rings. The van der Waals surface area contributed by atoms with Crippen LogP contribution in [0.15, 0.2) is 12.3 Å². The third kappa shape index (κ3) is 2.57. The number of imidazole rings is 1. The number of pyridine rings is 1. The monoisotopic (exact) mass is 245 g/mol. The average molecular weight is 245 g/mol. The molecule has 2 heterocycles. The summed E-state index contributed by atoms with van der Waals surface area (Å²) in [4.78, 5) is 7.74. The fourth-order valence-corrected chi connectivity index (χ4v) is 1.34. The van der Waals surface area contributed by atoms with Crippen molar-refractivity contribution in [2.75, 3.05) is 0 Å². The van der Waals surface area contributed by atoms with Gasteiger partial charge >= 0.3 is 6.18 Å². The van der Waals surface area contributed by atoms with Crippen LogP contribution in [0.2, 0.25) is 0 Å². The van der Waals surface area contributed by atoms with E-state index in [2.05, 4.69) is 9.97 Å². The number of aromatic nitrogens is 3. The van der Waals surface area contributed by atoms with Gasteiger partial charge in [0.25, 0.3) is 0 Å². The molecule has 17 heavy (non-hydrogen) atoms. The van der Waals surface area contributed by atoms with Crippen LogP contribution in [0.4, 0.5) is 13.2 Å². The van der Waals surface area contributed by atoms with Crippen LogP contribution in [-0.4, -0.2) is 14.5 Å². The molecule has 2 rings (SSSR count). The highest BCUT2D eigenvalue weighted by atomic mass is 19.4. The molecule has 0 bridgehead atoms. The van der Waals surface area contributed by atoms with Gasteiger partial charge in [0, 0.05) is 13.2 Å². The van der Waals surface area contributed by atoms with Crippen molar-refractivity contribution in [2.45, 2.75) is 26.9 Å². The quantitative estimate of drug-likeness (QED) is 0.712. The van der Waals surface area contributed by atoms with Crippen molar-refractivity contribution in [3.63, 3.8) is 0 Å². The summed E-state index contributed by atoms with van der Waals surface area (Å²) >= 11 is 0. The van der Waals surface area contributed by atoms with Crippen LogP contribution < -0.4 is 0 Å². The second-order valence-corrected chi connectivity index (χ2v) is 3.28. The molecule has 0 saturated carbocycles. The summed E-state index contributed by atoms with van der Waals surface area (Å²) in [6, 6.07) is 1.01. The van der Waals surface area contributed by atoms with Crippen LogP contribution in [-0.2, 0) is 13.2 Å². The van der Waals surface area contributed by atoms with Crippen LogP contribution >= 0.6 is 0 Å². The maximum Gasteiger partial charge on any atom is 0.417 e. The van der Waals surface area contributed by atoms with E-state index < -0.39 is 11.7 Å². The van der Waals surface area contributed by atoms with E-state index in [1.807, 2.05) is 13.8 Å². The first-order valence-corrected chi connectivity index (χ1v) is 5.26. The van der Waals surface area contributed by atoms with Gasteiger partial charge in [-0.25, -0.2) is 9.97 Å². The van der Waals surface area contributed by atoms with Crippen molar-refractivity contribution in [1.82, 2.24) is 14.5 Å². The van der Waals surface area contributed by atoms with Gasteiger partial charge in [-0.3, -0.25) is 0 Å². The molecule has 0 aliphatic carbocycles. The van der Waals surface area contributed by atoms with Crippen LogP contribution in [0.3, 0.4) is 0 Å². The molecule has 0 aromatic carbocycles. The van der Waals surface area contributed by atoms with Crippen LogP contribution in [0.25, 0.3) is 11.2 Å². The Balaban J connectivity index is 0.000000686. The van der Waals surface area contributed by atoms with Gasteiger partial charge in [-0.05, 0) is 13.0 Å². The zero-order chi connectivity index (χ0) is 13.2. The zero-order valence-electron chi connectivity index (χ0n) is 10.1. The Morgan fingerprint density at radius 1 is 1.24 bits per heavy atom. The fraction of sp³-hybridized carbons (Fsp3) is 0.455. The van der Waals surface area contributed by atoms with Gasteiger partial charge < -0.3 is 4.57 Å². The number of hydrogen-bond donors (Lipinski definition) is 0. The Bertz CT molecular complexity index is 514. The summed E-state index contributed by atoms with van der Waals surface area (Å²) in [5.74, 6) is 0.636. The minimum absolute atomic E-state index is 0.268. The van der Waals surface area contributed by atoms with Crippen molar-refractivity contribution in [3.05, 3.63) is 23.7 Å². The molecular weight excluding hydrogens is 231 g/mol. The Kier molecular flexibility index (Phi) is 3.75. The molecule has 0 aliphatic heterocycles. The number of hydrogen-bond acceptors (Lipinski definition) is 2. The Morgan fingerprint density at radius 3 is 2.35 bits per heavy atom. The van der Waals surface area contributed by atoms with E-state index in [0.29, 0.717) is 11.5 Å². The first-order chi connectivity index (χ1) is 7.89. The molecule has 0 N–H and O–H groups in total.